The van der Waals surface area contributed by atoms with Crippen molar-refractivity contribution in [1.29, 1.82) is 0 Å². The van der Waals surface area contributed by atoms with E-state index < -0.39 is 0 Å². The maximum Gasteiger partial charge on any atom is 0.221 e. The second-order valence-electron chi connectivity index (χ2n) is 3.85. The molecule has 0 bridgehead atoms. The Kier molecular flexibility index (Phi) is 3.66. The van der Waals surface area contributed by atoms with E-state index in [0.717, 1.165) is 22.5 Å². The average Bonchev–Trinajstić information content (AvgIpc) is 2.11. The SMILES string of the molecule is CC(=O)Nc1cc(C)cc(NC(C)=O)c1C. The largest absolute Gasteiger partial charge is 0.326 e. The van der Waals surface area contributed by atoms with Gasteiger partial charge in [-0.05, 0) is 37.1 Å². The van der Waals surface area contributed by atoms with Crippen LogP contribution in [0.5, 0.6) is 0 Å². The standard InChI is InChI=1S/C12H16N2O2/c1-7-5-11(13-9(3)15)8(2)12(6-7)14-10(4)16/h5-6H,1-4H3,(H,13,15)(H,14,16). The van der Waals surface area contributed by atoms with E-state index >= 15 is 0 Å². The van der Waals surface area contributed by atoms with E-state index in [4.69, 9.17) is 0 Å². The molecule has 0 spiro atoms. The molecule has 2 amide bonds. The molecule has 4 nitrogen and oxygen atoms in total. The van der Waals surface area contributed by atoms with Gasteiger partial charge >= 0.3 is 0 Å². The van der Waals surface area contributed by atoms with Gasteiger partial charge in [-0.3, -0.25) is 9.59 Å². The Morgan fingerprint density at radius 3 is 1.62 bits per heavy atom. The van der Waals surface area contributed by atoms with Crippen LogP contribution in [0.3, 0.4) is 0 Å². The molecule has 0 saturated heterocycles. The third-order valence-electron chi connectivity index (χ3n) is 2.17. The number of nitrogens with one attached hydrogen (secondary N) is 2. The van der Waals surface area contributed by atoms with Gasteiger partial charge < -0.3 is 10.6 Å². The maximum atomic E-state index is 11.0. The van der Waals surface area contributed by atoms with Crippen LogP contribution in [0.4, 0.5) is 11.4 Å². The molecule has 0 fully saturated rings. The van der Waals surface area contributed by atoms with Gasteiger partial charge in [-0.1, -0.05) is 0 Å². The zero-order chi connectivity index (χ0) is 12.3. The highest BCUT2D eigenvalue weighted by atomic mass is 16.2. The number of hydrogen-bond acceptors (Lipinski definition) is 2. The first-order valence-electron chi connectivity index (χ1n) is 5.06. The topological polar surface area (TPSA) is 58.2 Å². The summed E-state index contributed by atoms with van der Waals surface area (Å²) >= 11 is 0. The lowest BCUT2D eigenvalue weighted by Gasteiger charge is -2.13. The van der Waals surface area contributed by atoms with Gasteiger partial charge in [-0.15, -0.1) is 0 Å². The van der Waals surface area contributed by atoms with Crippen molar-refractivity contribution in [3.63, 3.8) is 0 Å². The molecule has 0 atom stereocenters. The lowest BCUT2D eigenvalue weighted by atomic mass is 10.1. The summed E-state index contributed by atoms with van der Waals surface area (Å²) in [5, 5.41) is 5.47. The van der Waals surface area contributed by atoms with E-state index in [2.05, 4.69) is 10.6 Å². The van der Waals surface area contributed by atoms with Crippen molar-refractivity contribution in [2.24, 2.45) is 0 Å². The van der Waals surface area contributed by atoms with E-state index in [0.29, 0.717) is 0 Å². The number of hydrogen-bond donors (Lipinski definition) is 2. The second kappa shape index (κ2) is 4.79. The summed E-state index contributed by atoms with van der Waals surface area (Å²) in [6.07, 6.45) is 0. The predicted molar refractivity (Wildman–Crippen MR) is 64.5 cm³/mol. The van der Waals surface area contributed by atoms with Crippen molar-refractivity contribution in [3.05, 3.63) is 23.3 Å². The highest BCUT2D eigenvalue weighted by Crippen LogP contribution is 2.25. The molecule has 1 rings (SSSR count). The highest BCUT2D eigenvalue weighted by Gasteiger charge is 2.07. The van der Waals surface area contributed by atoms with Crippen molar-refractivity contribution in [3.8, 4) is 0 Å². The second-order valence-corrected chi connectivity index (χ2v) is 3.85. The van der Waals surface area contributed by atoms with E-state index in [-0.39, 0.29) is 11.8 Å². The minimum Gasteiger partial charge on any atom is -0.326 e. The van der Waals surface area contributed by atoms with Gasteiger partial charge in [-0.25, -0.2) is 0 Å². The first-order chi connectivity index (χ1) is 7.40. The van der Waals surface area contributed by atoms with Crippen LogP contribution in [0.25, 0.3) is 0 Å². The van der Waals surface area contributed by atoms with Gasteiger partial charge in [0.05, 0.1) is 0 Å². The minimum absolute atomic E-state index is 0.123. The number of carbonyl (C=O) groups excluding carboxylic acids is 2. The fraction of sp³-hybridized carbons (Fsp3) is 0.333. The van der Waals surface area contributed by atoms with Crippen LogP contribution in [-0.4, -0.2) is 11.8 Å². The molecule has 86 valence electrons. The molecular formula is C12H16N2O2. The molecular weight excluding hydrogens is 204 g/mol. The van der Waals surface area contributed by atoms with Crippen molar-refractivity contribution in [1.82, 2.24) is 0 Å². The molecule has 2 N–H and O–H groups in total. The van der Waals surface area contributed by atoms with Crippen LogP contribution in [0.2, 0.25) is 0 Å². The van der Waals surface area contributed by atoms with Gasteiger partial charge in [0, 0.05) is 25.2 Å². The molecule has 0 radical (unpaired) electrons. The first kappa shape index (κ1) is 12.2. The lowest BCUT2D eigenvalue weighted by molar-refractivity contribution is -0.115. The summed E-state index contributed by atoms with van der Waals surface area (Å²) in [7, 11) is 0. The highest BCUT2D eigenvalue weighted by molar-refractivity contribution is 5.94. The molecule has 0 aliphatic heterocycles. The fourth-order valence-corrected chi connectivity index (χ4v) is 1.50. The zero-order valence-corrected chi connectivity index (χ0v) is 9.97. The van der Waals surface area contributed by atoms with Crippen molar-refractivity contribution in [2.45, 2.75) is 27.7 Å². The Morgan fingerprint density at radius 2 is 1.31 bits per heavy atom. The molecule has 0 aromatic heterocycles. The lowest BCUT2D eigenvalue weighted by Crippen LogP contribution is -2.11. The van der Waals surface area contributed by atoms with Crippen LogP contribution in [0, 0.1) is 13.8 Å². The number of carbonyl (C=O) groups is 2. The molecule has 1 aromatic carbocycles. The van der Waals surface area contributed by atoms with Crippen LogP contribution >= 0.6 is 0 Å². The third kappa shape index (κ3) is 3.08. The monoisotopic (exact) mass is 220 g/mol. The summed E-state index contributed by atoms with van der Waals surface area (Å²) < 4.78 is 0. The Labute approximate surface area is 95.0 Å². The smallest absolute Gasteiger partial charge is 0.221 e. The van der Waals surface area contributed by atoms with Crippen molar-refractivity contribution in [2.75, 3.05) is 10.6 Å². The summed E-state index contributed by atoms with van der Waals surface area (Å²) in [4.78, 5) is 22.0. The van der Waals surface area contributed by atoms with E-state index in [1.807, 2.05) is 26.0 Å². The average molecular weight is 220 g/mol. The Bertz CT molecular complexity index is 402. The number of rotatable bonds is 2. The van der Waals surface area contributed by atoms with Crippen molar-refractivity contribution >= 4 is 23.2 Å². The molecule has 0 aliphatic carbocycles. The van der Waals surface area contributed by atoms with Crippen LogP contribution < -0.4 is 10.6 Å². The van der Waals surface area contributed by atoms with Crippen LogP contribution in [0.15, 0.2) is 12.1 Å². The van der Waals surface area contributed by atoms with Crippen LogP contribution in [-0.2, 0) is 9.59 Å². The number of aryl methyl sites for hydroxylation is 1. The third-order valence-corrected chi connectivity index (χ3v) is 2.17. The fourth-order valence-electron chi connectivity index (χ4n) is 1.50. The van der Waals surface area contributed by atoms with Gasteiger partial charge in [0.1, 0.15) is 0 Å². The number of benzene rings is 1. The van der Waals surface area contributed by atoms with Gasteiger partial charge in [0.25, 0.3) is 0 Å². The molecule has 4 heteroatoms. The summed E-state index contributed by atoms with van der Waals surface area (Å²) in [6, 6.07) is 3.75. The summed E-state index contributed by atoms with van der Waals surface area (Å²) in [5.41, 5.74) is 3.31. The van der Waals surface area contributed by atoms with E-state index in [1.54, 1.807) is 0 Å². The minimum atomic E-state index is -0.123. The molecule has 16 heavy (non-hydrogen) atoms. The Hall–Kier alpha value is -1.84. The molecule has 0 heterocycles. The zero-order valence-electron chi connectivity index (χ0n) is 9.97. The predicted octanol–water partition coefficient (Wildman–Crippen LogP) is 2.22. The maximum absolute atomic E-state index is 11.0. The van der Waals surface area contributed by atoms with Gasteiger partial charge in [0.15, 0.2) is 0 Å². The van der Waals surface area contributed by atoms with Gasteiger partial charge in [0.2, 0.25) is 11.8 Å². The van der Waals surface area contributed by atoms with Gasteiger partial charge in [-0.2, -0.15) is 0 Å². The first-order valence-corrected chi connectivity index (χ1v) is 5.06. The number of anilines is 2. The quantitative estimate of drug-likeness (QED) is 0.802. The Balaban J connectivity index is 3.14. The number of amides is 2. The molecule has 1 aromatic rings. The summed E-state index contributed by atoms with van der Waals surface area (Å²) in [5.74, 6) is -0.245. The normalized spacial score (nSPS) is 9.75. The van der Waals surface area contributed by atoms with Crippen LogP contribution in [0.1, 0.15) is 25.0 Å². The van der Waals surface area contributed by atoms with E-state index in [1.165, 1.54) is 13.8 Å². The summed E-state index contributed by atoms with van der Waals surface area (Å²) in [6.45, 7) is 6.69. The molecule has 0 saturated carbocycles. The van der Waals surface area contributed by atoms with Crippen molar-refractivity contribution < 1.29 is 9.59 Å². The molecule has 0 aliphatic rings. The Morgan fingerprint density at radius 1 is 0.938 bits per heavy atom. The van der Waals surface area contributed by atoms with E-state index in [9.17, 15) is 9.59 Å². The molecule has 0 unspecified atom stereocenters.